The highest BCUT2D eigenvalue weighted by Crippen LogP contribution is 2.18. The smallest absolute Gasteiger partial charge is 0.194 e. The molecule has 1 aromatic carbocycles. The summed E-state index contributed by atoms with van der Waals surface area (Å²) in [7, 11) is 3.77. The van der Waals surface area contributed by atoms with Crippen LogP contribution in [0.15, 0.2) is 33.7 Å². The lowest BCUT2D eigenvalue weighted by Crippen LogP contribution is -2.38. The topological polar surface area (TPSA) is 54.7 Å². The zero-order chi connectivity index (χ0) is 19.8. The predicted octanol–water partition coefficient (Wildman–Crippen LogP) is 4.12. The number of benzene rings is 1. The Morgan fingerprint density at radius 1 is 1.32 bits per heavy atom. The average Bonchev–Trinajstić information content (AvgIpc) is 2.92. The van der Waals surface area contributed by atoms with Crippen molar-refractivity contribution in [1.82, 2.24) is 20.0 Å². The predicted molar refractivity (Wildman–Crippen MR) is 129 cm³/mol. The minimum Gasteiger partial charge on any atom is -0.383 e. The molecule has 8 heteroatoms. The molecule has 1 N–H and O–H groups in total. The molecule has 0 fully saturated rings. The molecular formula is C20H31BrIN5O. The van der Waals surface area contributed by atoms with Gasteiger partial charge in [-0.15, -0.1) is 24.0 Å². The molecule has 6 nitrogen and oxygen atoms in total. The molecule has 0 bridgehead atoms. The van der Waals surface area contributed by atoms with Gasteiger partial charge in [-0.3, -0.25) is 4.68 Å². The summed E-state index contributed by atoms with van der Waals surface area (Å²) >= 11 is 3.62. The monoisotopic (exact) mass is 563 g/mol. The van der Waals surface area contributed by atoms with Gasteiger partial charge in [0.25, 0.3) is 0 Å². The molecule has 0 aliphatic heterocycles. The molecule has 0 radical (unpaired) electrons. The van der Waals surface area contributed by atoms with E-state index in [1.54, 1.807) is 7.11 Å². The van der Waals surface area contributed by atoms with E-state index in [1.165, 1.54) is 11.1 Å². The van der Waals surface area contributed by atoms with Gasteiger partial charge in [0, 0.05) is 43.0 Å². The lowest BCUT2D eigenvalue weighted by molar-refractivity contribution is 0.182. The van der Waals surface area contributed by atoms with Crippen molar-refractivity contribution in [3.8, 4) is 0 Å². The first kappa shape index (κ1) is 24.9. The SMILES string of the molecule is CCNC(=NCc1c(C)nn(CCOC)c1C)N(C)Cc1ccccc1Br.I. The maximum Gasteiger partial charge on any atom is 0.194 e. The Morgan fingerprint density at radius 3 is 2.68 bits per heavy atom. The van der Waals surface area contributed by atoms with Gasteiger partial charge in [-0.05, 0) is 32.4 Å². The second kappa shape index (κ2) is 12.4. The maximum atomic E-state index is 5.17. The number of hydrogen-bond donors (Lipinski definition) is 1. The molecule has 0 aliphatic rings. The molecule has 0 saturated carbocycles. The van der Waals surface area contributed by atoms with Crippen LogP contribution in [0.3, 0.4) is 0 Å². The van der Waals surface area contributed by atoms with Crippen LogP contribution in [0.2, 0.25) is 0 Å². The highest BCUT2D eigenvalue weighted by atomic mass is 127. The molecule has 1 heterocycles. The number of nitrogens with zero attached hydrogens (tertiary/aromatic N) is 4. The highest BCUT2D eigenvalue weighted by molar-refractivity contribution is 14.0. The maximum absolute atomic E-state index is 5.17. The molecule has 0 atom stereocenters. The quantitative estimate of drug-likeness (QED) is 0.298. The second-order valence-electron chi connectivity index (χ2n) is 6.48. The molecule has 156 valence electrons. The molecule has 2 rings (SSSR count). The summed E-state index contributed by atoms with van der Waals surface area (Å²) in [6.45, 7) is 9.84. The number of halogens is 2. The van der Waals surface area contributed by atoms with E-state index >= 15 is 0 Å². The third-order valence-electron chi connectivity index (χ3n) is 4.49. The molecule has 0 spiro atoms. The number of nitrogens with one attached hydrogen (secondary N) is 1. The minimum absolute atomic E-state index is 0. The van der Waals surface area contributed by atoms with E-state index in [0.29, 0.717) is 13.2 Å². The first-order valence-electron chi connectivity index (χ1n) is 9.22. The minimum atomic E-state index is 0. The molecule has 0 saturated heterocycles. The lowest BCUT2D eigenvalue weighted by Gasteiger charge is -2.22. The van der Waals surface area contributed by atoms with Crippen LogP contribution in [0.25, 0.3) is 0 Å². The van der Waals surface area contributed by atoms with E-state index in [2.05, 4.69) is 70.3 Å². The largest absolute Gasteiger partial charge is 0.383 e. The van der Waals surface area contributed by atoms with Crippen molar-refractivity contribution >= 4 is 45.9 Å². The van der Waals surface area contributed by atoms with Gasteiger partial charge < -0.3 is 15.0 Å². The van der Waals surface area contributed by atoms with E-state index in [1.807, 2.05) is 17.7 Å². The van der Waals surface area contributed by atoms with E-state index in [0.717, 1.165) is 41.5 Å². The Bertz CT molecular complexity index is 778. The molecule has 0 amide bonds. The number of methoxy groups -OCH3 is 1. The number of guanidine groups is 1. The van der Waals surface area contributed by atoms with Gasteiger partial charge >= 0.3 is 0 Å². The Morgan fingerprint density at radius 2 is 2.04 bits per heavy atom. The zero-order valence-electron chi connectivity index (χ0n) is 17.3. The van der Waals surface area contributed by atoms with Crippen LogP contribution in [0.5, 0.6) is 0 Å². The number of aryl methyl sites for hydroxylation is 1. The van der Waals surface area contributed by atoms with Crippen LogP contribution >= 0.6 is 39.9 Å². The molecular weight excluding hydrogens is 533 g/mol. The van der Waals surface area contributed by atoms with Gasteiger partial charge in [-0.2, -0.15) is 5.10 Å². The van der Waals surface area contributed by atoms with Crippen LogP contribution in [-0.2, 0) is 24.4 Å². The third kappa shape index (κ3) is 6.73. The summed E-state index contributed by atoms with van der Waals surface area (Å²) in [4.78, 5) is 7.00. The van der Waals surface area contributed by atoms with Gasteiger partial charge in [0.05, 0.1) is 25.4 Å². The summed E-state index contributed by atoms with van der Waals surface area (Å²) < 4.78 is 8.28. The Balaban J connectivity index is 0.00000392. The molecule has 0 aliphatic carbocycles. The summed E-state index contributed by atoms with van der Waals surface area (Å²) in [6.07, 6.45) is 0. The average molecular weight is 564 g/mol. The number of aromatic nitrogens is 2. The van der Waals surface area contributed by atoms with Crippen LogP contribution in [0, 0.1) is 13.8 Å². The van der Waals surface area contributed by atoms with Crippen molar-refractivity contribution in [2.45, 2.75) is 40.4 Å². The summed E-state index contributed by atoms with van der Waals surface area (Å²) in [5, 5.41) is 8.01. The standard InChI is InChI=1S/C20H30BrN5O.HI/c1-6-22-20(25(4)14-17-9-7-8-10-19(17)21)23-13-18-15(2)24-26(16(18)3)11-12-27-5;/h7-10H,6,11-14H2,1-5H3,(H,22,23);1H. The van der Waals surface area contributed by atoms with Crippen LogP contribution in [0.1, 0.15) is 29.4 Å². The third-order valence-corrected chi connectivity index (χ3v) is 5.26. The zero-order valence-corrected chi connectivity index (χ0v) is 21.2. The van der Waals surface area contributed by atoms with Crippen molar-refractivity contribution in [3.05, 3.63) is 51.3 Å². The summed E-state index contributed by atoms with van der Waals surface area (Å²) in [6, 6.07) is 8.27. The van der Waals surface area contributed by atoms with Crippen molar-refractivity contribution in [3.63, 3.8) is 0 Å². The van der Waals surface area contributed by atoms with Crippen LogP contribution < -0.4 is 5.32 Å². The van der Waals surface area contributed by atoms with Crippen LogP contribution in [-0.4, -0.2) is 47.9 Å². The van der Waals surface area contributed by atoms with E-state index < -0.39 is 0 Å². The van der Waals surface area contributed by atoms with Gasteiger partial charge in [0.1, 0.15) is 0 Å². The fourth-order valence-electron chi connectivity index (χ4n) is 2.94. The fourth-order valence-corrected chi connectivity index (χ4v) is 3.35. The molecule has 1 aromatic heterocycles. The van der Waals surface area contributed by atoms with E-state index in [4.69, 9.17) is 9.73 Å². The van der Waals surface area contributed by atoms with Crippen LogP contribution in [0.4, 0.5) is 0 Å². The van der Waals surface area contributed by atoms with Gasteiger partial charge in [0.15, 0.2) is 5.96 Å². The van der Waals surface area contributed by atoms with Crippen molar-refractivity contribution < 1.29 is 4.74 Å². The van der Waals surface area contributed by atoms with Gasteiger partial charge in [-0.1, -0.05) is 34.1 Å². The Labute approximate surface area is 193 Å². The van der Waals surface area contributed by atoms with Crippen molar-refractivity contribution in [2.75, 3.05) is 27.3 Å². The normalized spacial score (nSPS) is 11.3. The summed E-state index contributed by atoms with van der Waals surface area (Å²) in [5.74, 6) is 0.886. The van der Waals surface area contributed by atoms with Crippen molar-refractivity contribution in [1.29, 1.82) is 0 Å². The molecule has 2 aromatic rings. The van der Waals surface area contributed by atoms with E-state index in [-0.39, 0.29) is 24.0 Å². The second-order valence-corrected chi connectivity index (χ2v) is 7.34. The fraction of sp³-hybridized carbons (Fsp3) is 0.500. The number of rotatable bonds is 8. The highest BCUT2D eigenvalue weighted by Gasteiger charge is 2.13. The first-order chi connectivity index (χ1) is 13.0. The Kier molecular flexibility index (Phi) is 11.1. The van der Waals surface area contributed by atoms with Gasteiger partial charge in [0.2, 0.25) is 0 Å². The number of ether oxygens (including phenoxy) is 1. The molecule has 28 heavy (non-hydrogen) atoms. The molecule has 0 unspecified atom stereocenters. The summed E-state index contributed by atoms with van der Waals surface area (Å²) in [5.41, 5.74) is 4.58. The lowest BCUT2D eigenvalue weighted by atomic mass is 10.2. The Hall–Kier alpha value is -1.13. The number of aliphatic imine (C=N–C) groups is 1. The van der Waals surface area contributed by atoms with E-state index in [9.17, 15) is 0 Å². The first-order valence-corrected chi connectivity index (χ1v) is 10.0. The van der Waals surface area contributed by atoms with Gasteiger partial charge in [-0.25, -0.2) is 4.99 Å². The van der Waals surface area contributed by atoms with Crippen molar-refractivity contribution in [2.24, 2.45) is 4.99 Å². The number of hydrogen-bond acceptors (Lipinski definition) is 3.